The number of benzene rings is 1. The van der Waals surface area contributed by atoms with Gasteiger partial charge in [-0.1, -0.05) is 30.3 Å². The molecule has 1 aliphatic rings. The minimum Gasteiger partial charge on any atom is -0.366 e. The Balaban J connectivity index is 1.59. The summed E-state index contributed by atoms with van der Waals surface area (Å²) >= 11 is 0. The summed E-state index contributed by atoms with van der Waals surface area (Å²) in [5.41, 5.74) is 2.34. The summed E-state index contributed by atoms with van der Waals surface area (Å²) in [7, 11) is 0. The van der Waals surface area contributed by atoms with Gasteiger partial charge in [0.25, 0.3) is 5.78 Å². The third-order valence-corrected chi connectivity index (χ3v) is 3.73. The predicted octanol–water partition coefficient (Wildman–Crippen LogP) is 2.40. The van der Waals surface area contributed by atoms with Gasteiger partial charge in [-0.25, -0.2) is 4.98 Å². The van der Waals surface area contributed by atoms with Crippen LogP contribution in [0.2, 0.25) is 0 Å². The second-order valence-electron chi connectivity index (χ2n) is 5.26. The van der Waals surface area contributed by atoms with Crippen molar-refractivity contribution < 1.29 is 0 Å². The summed E-state index contributed by atoms with van der Waals surface area (Å²) in [6, 6.07) is 13.1. The van der Waals surface area contributed by atoms with E-state index in [0.717, 1.165) is 17.9 Å². The van der Waals surface area contributed by atoms with Gasteiger partial charge < -0.3 is 5.32 Å². The molecule has 1 aromatic carbocycles. The summed E-state index contributed by atoms with van der Waals surface area (Å²) in [5.74, 6) is 2.20. The minimum absolute atomic E-state index is 0.464. The predicted molar refractivity (Wildman–Crippen MR) is 76.7 cm³/mol. The molecule has 3 aromatic rings. The normalized spacial score (nSPS) is 21.1. The van der Waals surface area contributed by atoms with Gasteiger partial charge in [-0.2, -0.15) is 14.6 Å². The first-order valence-corrected chi connectivity index (χ1v) is 6.80. The molecular formula is C15H15N5. The fraction of sp³-hybridized carbons (Fsp3) is 0.267. The summed E-state index contributed by atoms with van der Waals surface area (Å²) in [6.45, 7) is 1.97. The molecule has 0 spiro atoms. The van der Waals surface area contributed by atoms with Gasteiger partial charge in [0.2, 0.25) is 0 Å². The van der Waals surface area contributed by atoms with Gasteiger partial charge in [-0.05, 0) is 18.9 Å². The summed E-state index contributed by atoms with van der Waals surface area (Å²) in [4.78, 5) is 8.50. The molecule has 0 bridgehead atoms. The number of anilines is 1. The zero-order valence-corrected chi connectivity index (χ0v) is 11.2. The molecule has 4 rings (SSSR count). The van der Waals surface area contributed by atoms with Crippen molar-refractivity contribution >= 4 is 11.6 Å². The molecular weight excluding hydrogens is 250 g/mol. The Morgan fingerprint density at radius 1 is 1.25 bits per heavy atom. The number of hydrogen-bond acceptors (Lipinski definition) is 4. The smallest absolute Gasteiger partial charge is 0.254 e. The van der Waals surface area contributed by atoms with E-state index >= 15 is 0 Å². The van der Waals surface area contributed by atoms with Gasteiger partial charge in [-0.15, -0.1) is 0 Å². The highest BCUT2D eigenvalue weighted by molar-refractivity contribution is 5.48. The van der Waals surface area contributed by atoms with Crippen LogP contribution in [-0.4, -0.2) is 25.6 Å². The first kappa shape index (κ1) is 11.4. The van der Waals surface area contributed by atoms with Gasteiger partial charge in [-0.3, -0.25) is 0 Å². The van der Waals surface area contributed by atoms with Crippen molar-refractivity contribution in [3.8, 4) is 0 Å². The highest BCUT2D eigenvalue weighted by Gasteiger charge is 2.38. The van der Waals surface area contributed by atoms with E-state index in [-0.39, 0.29) is 0 Å². The van der Waals surface area contributed by atoms with Crippen LogP contribution in [0.25, 0.3) is 5.78 Å². The average Bonchev–Trinajstić information content (AvgIpc) is 3.06. The molecule has 1 N–H and O–H groups in total. The third-order valence-electron chi connectivity index (χ3n) is 3.73. The molecule has 1 fully saturated rings. The van der Waals surface area contributed by atoms with Crippen molar-refractivity contribution in [2.45, 2.75) is 25.3 Å². The molecule has 5 nitrogen and oxygen atoms in total. The molecule has 0 aliphatic heterocycles. The number of aryl methyl sites for hydroxylation is 1. The van der Waals surface area contributed by atoms with Gasteiger partial charge in [0.15, 0.2) is 0 Å². The van der Waals surface area contributed by atoms with Crippen LogP contribution in [0.4, 0.5) is 5.82 Å². The van der Waals surface area contributed by atoms with Crippen LogP contribution in [0.5, 0.6) is 0 Å². The average molecular weight is 265 g/mol. The van der Waals surface area contributed by atoms with Crippen LogP contribution >= 0.6 is 0 Å². The molecule has 2 unspecified atom stereocenters. The van der Waals surface area contributed by atoms with E-state index in [1.54, 1.807) is 4.52 Å². The molecule has 0 saturated heterocycles. The lowest BCUT2D eigenvalue weighted by molar-refractivity contribution is 0.908. The first-order chi connectivity index (χ1) is 9.81. The number of nitrogens with one attached hydrogen (secondary N) is 1. The summed E-state index contributed by atoms with van der Waals surface area (Å²) < 4.78 is 1.76. The topological polar surface area (TPSA) is 55.1 Å². The van der Waals surface area contributed by atoms with Crippen molar-refractivity contribution in [3.63, 3.8) is 0 Å². The van der Waals surface area contributed by atoms with Crippen LogP contribution in [0, 0.1) is 6.92 Å². The van der Waals surface area contributed by atoms with E-state index in [1.807, 2.05) is 13.0 Å². The monoisotopic (exact) mass is 265 g/mol. The SMILES string of the molecule is Cc1cc(NC2CC2c2ccccc2)n2ncnc2n1. The summed E-state index contributed by atoms with van der Waals surface area (Å²) in [6.07, 6.45) is 2.69. The van der Waals surface area contributed by atoms with Gasteiger partial charge >= 0.3 is 0 Å². The van der Waals surface area contributed by atoms with E-state index in [9.17, 15) is 0 Å². The molecule has 2 heterocycles. The van der Waals surface area contributed by atoms with Gasteiger partial charge in [0, 0.05) is 23.7 Å². The van der Waals surface area contributed by atoms with Crippen LogP contribution in [-0.2, 0) is 0 Å². The van der Waals surface area contributed by atoms with Crippen molar-refractivity contribution in [3.05, 3.63) is 54.0 Å². The van der Waals surface area contributed by atoms with Crippen LogP contribution in [0.1, 0.15) is 23.6 Å². The molecule has 20 heavy (non-hydrogen) atoms. The molecule has 1 saturated carbocycles. The molecule has 2 aromatic heterocycles. The molecule has 2 atom stereocenters. The Kier molecular flexibility index (Phi) is 2.45. The Morgan fingerprint density at radius 3 is 2.95 bits per heavy atom. The number of hydrogen-bond donors (Lipinski definition) is 1. The lowest BCUT2D eigenvalue weighted by atomic mass is 10.1. The molecule has 100 valence electrons. The number of nitrogens with zero attached hydrogens (tertiary/aromatic N) is 4. The maximum absolute atomic E-state index is 4.35. The number of aromatic nitrogens is 4. The van der Waals surface area contributed by atoms with E-state index in [4.69, 9.17) is 0 Å². The van der Waals surface area contributed by atoms with Gasteiger partial charge in [0.1, 0.15) is 12.1 Å². The Labute approximate surface area is 116 Å². The quantitative estimate of drug-likeness (QED) is 0.790. The van der Waals surface area contributed by atoms with Crippen molar-refractivity contribution in [2.24, 2.45) is 0 Å². The Morgan fingerprint density at radius 2 is 2.10 bits per heavy atom. The zero-order chi connectivity index (χ0) is 13.5. The Hall–Kier alpha value is -2.43. The highest BCUT2D eigenvalue weighted by atomic mass is 15.4. The standard InChI is InChI=1S/C15H15N5/c1-10-7-14(20-15(18-10)16-9-17-20)19-13-8-12(13)11-5-3-2-4-6-11/h2-7,9,12-13,19H,8H2,1H3. The largest absolute Gasteiger partial charge is 0.366 e. The first-order valence-electron chi connectivity index (χ1n) is 6.80. The minimum atomic E-state index is 0.464. The lowest BCUT2D eigenvalue weighted by Gasteiger charge is -2.08. The van der Waals surface area contributed by atoms with Crippen LogP contribution in [0.15, 0.2) is 42.7 Å². The van der Waals surface area contributed by atoms with Crippen LogP contribution in [0.3, 0.4) is 0 Å². The van der Waals surface area contributed by atoms with E-state index in [0.29, 0.717) is 17.7 Å². The lowest BCUT2D eigenvalue weighted by Crippen LogP contribution is -2.10. The summed E-state index contributed by atoms with van der Waals surface area (Å²) in [5, 5.41) is 7.77. The van der Waals surface area contributed by atoms with Crippen molar-refractivity contribution in [1.82, 2.24) is 19.6 Å². The fourth-order valence-corrected chi connectivity index (χ4v) is 2.65. The molecule has 0 radical (unpaired) electrons. The number of fused-ring (bicyclic) bond motifs is 1. The highest BCUT2D eigenvalue weighted by Crippen LogP contribution is 2.42. The van der Waals surface area contributed by atoms with E-state index in [2.05, 4.69) is 50.7 Å². The molecule has 5 heteroatoms. The fourth-order valence-electron chi connectivity index (χ4n) is 2.65. The molecule has 1 aliphatic carbocycles. The zero-order valence-electron chi connectivity index (χ0n) is 11.2. The third kappa shape index (κ3) is 1.91. The molecule has 0 amide bonds. The van der Waals surface area contributed by atoms with Crippen LogP contribution < -0.4 is 5.32 Å². The Bertz CT molecular complexity index is 749. The second-order valence-corrected chi connectivity index (χ2v) is 5.26. The number of rotatable bonds is 3. The van der Waals surface area contributed by atoms with Gasteiger partial charge in [0.05, 0.1) is 0 Å². The second kappa shape index (κ2) is 4.30. The van der Waals surface area contributed by atoms with E-state index < -0.39 is 0 Å². The van der Waals surface area contributed by atoms with E-state index in [1.165, 1.54) is 11.9 Å². The maximum Gasteiger partial charge on any atom is 0.254 e. The maximum atomic E-state index is 4.35. The van der Waals surface area contributed by atoms with Crippen molar-refractivity contribution in [2.75, 3.05) is 5.32 Å². The van der Waals surface area contributed by atoms with Crippen molar-refractivity contribution in [1.29, 1.82) is 0 Å².